The Balaban J connectivity index is 2.10. The van der Waals surface area contributed by atoms with Gasteiger partial charge in [0, 0.05) is 4.90 Å². The van der Waals surface area contributed by atoms with Gasteiger partial charge in [0.2, 0.25) is 0 Å². The van der Waals surface area contributed by atoms with E-state index in [9.17, 15) is 9.90 Å². The van der Waals surface area contributed by atoms with Crippen molar-refractivity contribution in [2.24, 2.45) is 5.92 Å². The number of hydrogen-bond donors (Lipinski definition) is 1. The molecule has 0 aliphatic carbocycles. The Labute approximate surface area is 123 Å². The zero-order valence-electron chi connectivity index (χ0n) is 11.7. The van der Waals surface area contributed by atoms with Gasteiger partial charge in [-0.25, -0.2) is 0 Å². The number of carbonyl (C=O) groups excluding carboxylic acids is 1. The standard InChI is InChI=1S/C15H18N2O2S/c1-11(2)15(19)9-17(10-15)14(18)12-5-3-4-6-13(12)20-8-7-16/h3-6,11,19H,8-10H2,1-2H3. The van der Waals surface area contributed by atoms with Gasteiger partial charge in [0.05, 0.1) is 30.5 Å². The average Bonchev–Trinajstić information content (AvgIpc) is 2.41. The number of rotatable bonds is 4. The molecule has 1 N–H and O–H groups in total. The van der Waals surface area contributed by atoms with Gasteiger partial charge in [-0.1, -0.05) is 26.0 Å². The Morgan fingerprint density at radius 3 is 2.75 bits per heavy atom. The van der Waals surface area contributed by atoms with E-state index in [0.29, 0.717) is 24.4 Å². The number of benzene rings is 1. The van der Waals surface area contributed by atoms with Gasteiger partial charge in [0.1, 0.15) is 5.60 Å². The van der Waals surface area contributed by atoms with Gasteiger partial charge in [-0.15, -0.1) is 11.8 Å². The Kier molecular flexibility index (Phi) is 4.36. The van der Waals surface area contributed by atoms with E-state index in [0.717, 1.165) is 4.90 Å². The lowest BCUT2D eigenvalue weighted by atomic mass is 9.82. The van der Waals surface area contributed by atoms with Crippen LogP contribution in [0.25, 0.3) is 0 Å². The van der Waals surface area contributed by atoms with Crippen LogP contribution in [0.3, 0.4) is 0 Å². The minimum atomic E-state index is -0.760. The molecule has 4 nitrogen and oxygen atoms in total. The Hall–Kier alpha value is -1.51. The molecule has 106 valence electrons. The third-order valence-electron chi connectivity index (χ3n) is 3.70. The van der Waals surface area contributed by atoms with Gasteiger partial charge >= 0.3 is 0 Å². The van der Waals surface area contributed by atoms with Crippen molar-refractivity contribution in [2.45, 2.75) is 24.3 Å². The summed E-state index contributed by atoms with van der Waals surface area (Å²) in [7, 11) is 0. The van der Waals surface area contributed by atoms with Gasteiger partial charge in [-0.2, -0.15) is 5.26 Å². The number of thioether (sulfide) groups is 1. The molecule has 0 unspecified atom stereocenters. The van der Waals surface area contributed by atoms with Gasteiger partial charge in [-0.05, 0) is 18.1 Å². The smallest absolute Gasteiger partial charge is 0.255 e. The molecule has 0 atom stereocenters. The predicted octanol–water partition coefficient (Wildman–Crippen LogP) is 2.15. The molecule has 5 heteroatoms. The molecule has 1 saturated heterocycles. The molecule has 0 spiro atoms. The summed E-state index contributed by atoms with van der Waals surface area (Å²) in [6.45, 7) is 4.67. The van der Waals surface area contributed by atoms with E-state index in [4.69, 9.17) is 5.26 Å². The fraction of sp³-hybridized carbons (Fsp3) is 0.467. The maximum absolute atomic E-state index is 12.4. The zero-order chi connectivity index (χ0) is 14.8. The second-order valence-corrected chi connectivity index (χ2v) is 6.38. The maximum atomic E-state index is 12.4. The van der Waals surface area contributed by atoms with Crippen LogP contribution in [0.15, 0.2) is 29.2 Å². The molecule has 1 heterocycles. The number of nitrogens with zero attached hydrogens (tertiary/aromatic N) is 2. The molecule has 1 aromatic carbocycles. The fourth-order valence-corrected chi connectivity index (χ4v) is 2.88. The quantitative estimate of drug-likeness (QED) is 0.863. The summed E-state index contributed by atoms with van der Waals surface area (Å²) in [5, 5.41) is 18.9. The topological polar surface area (TPSA) is 64.3 Å². The molecule has 1 aliphatic rings. The summed E-state index contributed by atoms with van der Waals surface area (Å²) in [6.07, 6.45) is 0. The van der Waals surface area contributed by atoms with Crippen molar-refractivity contribution in [2.75, 3.05) is 18.8 Å². The first kappa shape index (κ1) is 14.9. The summed E-state index contributed by atoms with van der Waals surface area (Å²) in [4.78, 5) is 14.9. The second-order valence-electron chi connectivity index (χ2n) is 5.36. The minimum Gasteiger partial charge on any atom is -0.386 e. The monoisotopic (exact) mass is 290 g/mol. The van der Waals surface area contributed by atoms with Crippen LogP contribution in [-0.2, 0) is 0 Å². The van der Waals surface area contributed by atoms with Crippen LogP contribution < -0.4 is 0 Å². The molecular formula is C15H18N2O2S. The Morgan fingerprint density at radius 1 is 1.50 bits per heavy atom. The molecule has 0 aromatic heterocycles. The molecule has 2 rings (SSSR count). The molecule has 1 amide bonds. The highest BCUT2D eigenvalue weighted by Crippen LogP contribution is 2.31. The first-order chi connectivity index (χ1) is 9.48. The van der Waals surface area contributed by atoms with E-state index in [1.807, 2.05) is 32.0 Å². The predicted molar refractivity (Wildman–Crippen MR) is 78.5 cm³/mol. The van der Waals surface area contributed by atoms with E-state index in [2.05, 4.69) is 6.07 Å². The van der Waals surface area contributed by atoms with E-state index in [-0.39, 0.29) is 11.8 Å². The largest absolute Gasteiger partial charge is 0.386 e. The zero-order valence-corrected chi connectivity index (χ0v) is 12.5. The van der Waals surface area contributed by atoms with Crippen molar-refractivity contribution in [1.82, 2.24) is 4.90 Å². The van der Waals surface area contributed by atoms with Gasteiger partial charge < -0.3 is 10.0 Å². The van der Waals surface area contributed by atoms with Crippen LogP contribution in [0.5, 0.6) is 0 Å². The lowest BCUT2D eigenvalue weighted by Crippen LogP contribution is -2.66. The highest BCUT2D eigenvalue weighted by Gasteiger charge is 2.46. The molecule has 0 radical (unpaired) electrons. The maximum Gasteiger partial charge on any atom is 0.255 e. The highest BCUT2D eigenvalue weighted by atomic mass is 32.2. The lowest BCUT2D eigenvalue weighted by Gasteiger charge is -2.49. The first-order valence-corrected chi connectivity index (χ1v) is 7.57. The molecule has 1 aliphatic heterocycles. The highest BCUT2D eigenvalue weighted by molar-refractivity contribution is 7.99. The fourth-order valence-electron chi connectivity index (χ4n) is 2.17. The summed E-state index contributed by atoms with van der Waals surface area (Å²) >= 11 is 1.36. The van der Waals surface area contributed by atoms with Gasteiger partial charge in [0.15, 0.2) is 0 Å². The van der Waals surface area contributed by atoms with Crippen molar-refractivity contribution >= 4 is 17.7 Å². The van der Waals surface area contributed by atoms with E-state index in [1.165, 1.54) is 11.8 Å². The van der Waals surface area contributed by atoms with Crippen LogP contribution in [0.4, 0.5) is 0 Å². The summed E-state index contributed by atoms with van der Waals surface area (Å²) < 4.78 is 0. The molecule has 0 saturated carbocycles. The van der Waals surface area contributed by atoms with Crippen LogP contribution in [0.2, 0.25) is 0 Å². The van der Waals surface area contributed by atoms with E-state index >= 15 is 0 Å². The number of hydrogen-bond acceptors (Lipinski definition) is 4. The molecule has 20 heavy (non-hydrogen) atoms. The van der Waals surface area contributed by atoms with Crippen LogP contribution >= 0.6 is 11.8 Å². The van der Waals surface area contributed by atoms with E-state index < -0.39 is 5.60 Å². The normalized spacial score (nSPS) is 16.6. The van der Waals surface area contributed by atoms with Crippen LogP contribution in [-0.4, -0.2) is 40.4 Å². The van der Waals surface area contributed by atoms with Crippen molar-refractivity contribution in [3.8, 4) is 6.07 Å². The lowest BCUT2D eigenvalue weighted by molar-refractivity contribution is -0.110. The number of amides is 1. The third kappa shape index (κ3) is 2.82. The van der Waals surface area contributed by atoms with Crippen LogP contribution in [0, 0.1) is 17.2 Å². The third-order valence-corrected chi connectivity index (χ3v) is 4.64. The molecule has 1 aromatic rings. The molecule has 0 bridgehead atoms. The van der Waals surface area contributed by atoms with Crippen molar-refractivity contribution in [3.63, 3.8) is 0 Å². The van der Waals surface area contributed by atoms with Crippen molar-refractivity contribution in [3.05, 3.63) is 29.8 Å². The number of β-amino-alcohol motifs (C(OH)–C–C–N with tert-alkyl or cyclic N) is 1. The number of aliphatic hydroxyl groups is 1. The molecule has 1 fully saturated rings. The Morgan fingerprint density at radius 2 is 2.15 bits per heavy atom. The number of carbonyl (C=O) groups is 1. The summed E-state index contributed by atoms with van der Waals surface area (Å²) in [5.41, 5.74) is -0.150. The SMILES string of the molecule is CC(C)C1(O)CN(C(=O)c2ccccc2SCC#N)C1. The van der Waals surface area contributed by atoms with Crippen LogP contribution in [0.1, 0.15) is 24.2 Å². The van der Waals surface area contributed by atoms with Gasteiger partial charge in [0.25, 0.3) is 5.91 Å². The second kappa shape index (κ2) is 5.86. The summed E-state index contributed by atoms with van der Waals surface area (Å²) in [5.74, 6) is 0.381. The van der Waals surface area contributed by atoms with E-state index in [1.54, 1.807) is 11.0 Å². The molecular weight excluding hydrogens is 272 g/mol. The van der Waals surface area contributed by atoms with Crippen molar-refractivity contribution < 1.29 is 9.90 Å². The summed E-state index contributed by atoms with van der Waals surface area (Å²) in [6, 6.07) is 9.36. The first-order valence-electron chi connectivity index (χ1n) is 6.58. The minimum absolute atomic E-state index is 0.0728. The average molecular weight is 290 g/mol. The number of likely N-dealkylation sites (tertiary alicyclic amines) is 1. The number of nitriles is 1. The van der Waals surface area contributed by atoms with Gasteiger partial charge in [-0.3, -0.25) is 4.79 Å². The Bertz CT molecular complexity index is 545. The van der Waals surface area contributed by atoms with Crippen molar-refractivity contribution in [1.29, 1.82) is 5.26 Å².